The molecule has 6 nitrogen and oxygen atoms in total. The molecular weight excluding hydrogens is 454 g/mol. The van der Waals surface area contributed by atoms with Crippen molar-refractivity contribution in [1.29, 1.82) is 0 Å². The molecule has 1 N–H and O–H groups in total. The van der Waals surface area contributed by atoms with Crippen LogP contribution in [0.5, 0.6) is 0 Å². The maximum absolute atomic E-state index is 13.3. The van der Waals surface area contributed by atoms with E-state index in [0.717, 1.165) is 26.9 Å². The van der Waals surface area contributed by atoms with Crippen LogP contribution in [0.2, 0.25) is 5.02 Å². The molecule has 1 aromatic heterocycles. The number of imide groups is 1. The molecule has 2 amide bonds. The minimum atomic E-state index is -0.309. The summed E-state index contributed by atoms with van der Waals surface area (Å²) in [4.78, 5) is 42.6. The molecule has 2 aromatic rings. The highest BCUT2D eigenvalue weighted by atomic mass is 35.5. The van der Waals surface area contributed by atoms with Crippen LogP contribution in [-0.2, 0) is 15.0 Å². The molecule has 2 aliphatic heterocycles. The Morgan fingerprint density at radius 1 is 1.13 bits per heavy atom. The number of nitrogens with one attached hydrogen (secondary N) is 1. The number of fused-ring (bicyclic) bond motifs is 9. The van der Waals surface area contributed by atoms with Crippen LogP contribution >= 0.6 is 34.7 Å². The first-order chi connectivity index (χ1) is 14.8. The third-order valence-electron chi connectivity index (χ3n) is 7.56. The zero-order chi connectivity index (χ0) is 21.7. The van der Waals surface area contributed by atoms with Crippen molar-refractivity contribution in [3.05, 3.63) is 49.4 Å². The van der Waals surface area contributed by atoms with Crippen LogP contribution in [0.4, 0.5) is 0 Å². The van der Waals surface area contributed by atoms with E-state index < -0.39 is 0 Å². The lowest BCUT2D eigenvalue weighted by Gasteiger charge is -2.47. The van der Waals surface area contributed by atoms with Gasteiger partial charge in [0.05, 0.1) is 23.1 Å². The number of carbonyl (C=O) groups is 2. The van der Waals surface area contributed by atoms with Gasteiger partial charge in [-0.2, -0.15) is 10.1 Å². The lowest BCUT2D eigenvalue weighted by Crippen LogP contribution is -2.48. The highest BCUT2D eigenvalue weighted by Gasteiger charge is 2.71. The third-order valence-corrected chi connectivity index (χ3v) is 10.6. The second-order valence-electron chi connectivity index (χ2n) is 9.40. The molecule has 9 heteroatoms. The standard InChI is InChI=1S/C22H20ClN3O3S2/c1-22(2)15-11-7-12(16(15)30-18-17(22)31-21(29)25-18)14-13(11)19(27)26(20(14)28)24-8-9-3-5-10(23)6-4-9/h3-6,8,11-16H,7H2,1-2H3,(H,25,29)/b24-8-/t11-,12-,13+,14+,15-,16-/m0/s1. The average Bonchev–Trinajstić information content (AvgIpc) is 3.44. The molecule has 1 aromatic carbocycles. The fourth-order valence-corrected chi connectivity index (χ4v) is 9.70. The zero-order valence-corrected chi connectivity index (χ0v) is 19.3. The van der Waals surface area contributed by atoms with Crippen molar-refractivity contribution in [2.45, 2.75) is 36.0 Å². The van der Waals surface area contributed by atoms with Crippen LogP contribution in [0, 0.1) is 29.6 Å². The number of hydrogen-bond donors (Lipinski definition) is 1. The second-order valence-corrected chi connectivity index (χ2v) is 12.0. The third kappa shape index (κ3) is 2.64. The molecule has 160 valence electrons. The van der Waals surface area contributed by atoms with Gasteiger partial charge in [0.15, 0.2) is 0 Å². The van der Waals surface area contributed by atoms with E-state index in [1.807, 2.05) is 0 Å². The summed E-state index contributed by atoms with van der Waals surface area (Å²) in [7, 11) is 0. The molecule has 0 radical (unpaired) electrons. The number of aromatic nitrogens is 1. The largest absolute Gasteiger partial charge is 0.307 e. The molecule has 2 bridgehead atoms. The molecule has 6 rings (SSSR count). The lowest BCUT2D eigenvalue weighted by atomic mass is 9.64. The lowest BCUT2D eigenvalue weighted by molar-refractivity contribution is -0.140. The van der Waals surface area contributed by atoms with Crippen LogP contribution in [0.3, 0.4) is 0 Å². The summed E-state index contributed by atoms with van der Waals surface area (Å²) < 4.78 is 0. The molecule has 31 heavy (non-hydrogen) atoms. The maximum Gasteiger partial charge on any atom is 0.305 e. The molecule has 6 atom stereocenters. The van der Waals surface area contributed by atoms with Crippen molar-refractivity contribution in [2.75, 3.05) is 0 Å². The smallest absolute Gasteiger partial charge is 0.305 e. The minimum absolute atomic E-state index is 0.0343. The number of thiazole rings is 1. The van der Waals surface area contributed by atoms with Gasteiger partial charge in [0.1, 0.15) is 0 Å². The van der Waals surface area contributed by atoms with Crippen molar-refractivity contribution in [3.8, 4) is 0 Å². The number of rotatable bonds is 2. The van der Waals surface area contributed by atoms with Crippen molar-refractivity contribution in [2.24, 2.45) is 34.7 Å². The summed E-state index contributed by atoms with van der Waals surface area (Å²) in [5, 5.41) is 7.16. The van der Waals surface area contributed by atoms with Gasteiger partial charge in [0, 0.05) is 20.6 Å². The van der Waals surface area contributed by atoms with E-state index >= 15 is 0 Å². The Hall–Kier alpha value is -1.90. The Balaban J connectivity index is 1.33. The van der Waals surface area contributed by atoms with Gasteiger partial charge in [-0.05, 0) is 41.9 Å². The van der Waals surface area contributed by atoms with Crippen LogP contribution in [0.15, 0.2) is 39.2 Å². The number of hydrogen-bond acceptors (Lipinski definition) is 6. The zero-order valence-electron chi connectivity index (χ0n) is 16.9. The number of amides is 2. The molecule has 2 aliphatic carbocycles. The Morgan fingerprint density at radius 2 is 1.81 bits per heavy atom. The monoisotopic (exact) mass is 473 g/mol. The van der Waals surface area contributed by atoms with E-state index in [1.165, 1.54) is 11.3 Å². The van der Waals surface area contributed by atoms with Crippen LogP contribution in [-0.4, -0.2) is 33.3 Å². The predicted octanol–water partition coefficient (Wildman–Crippen LogP) is 3.74. The molecule has 2 saturated carbocycles. The van der Waals surface area contributed by atoms with E-state index in [9.17, 15) is 14.4 Å². The number of benzene rings is 1. The summed E-state index contributed by atoms with van der Waals surface area (Å²) in [5.74, 6) is -0.448. The fourth-order valence-electron chi connectivity index (χ4n) is 6.43. The molecular formula is C22H20ClN3O3S2. The van der Waals surface area contributed by atoms with Crippen LogP contribution in [0.25, 0.3) is 0 Å². The second kappa shape index (κ2) is 6.56. The normalized spacial score (nSPS) is 35.0. The van der Waals surface area contributed by atoms with Gasteiger partial charge in [0.25, 0.3) is 11.8 Å². The van der Waals surface area contributed by atoms with Crippen molar-refractivity contribution < 1.29 is 9.59 Å². The number of aromatic amines is 1. The number of hydrazone groups is 1. The SMILES string of the molecule is CC1(C)c2sc(=O)[nH]c2S[C@H]2[C@H]3C[C@@H]([C@H]4C(=O)N(/N=C\c5ccc(Cl)cc5)C(=O)[C@H]34)[C@@H]21. The Kier molecular flexibility index (Phi) is 4.18. The fraction of sp³-hybridized carbons (Fsp3) is 0.455. The van der Waals surface area contributed by atoms with Gasteiger partial charge < -0.3 is 4.98 Å². The van der Waals surface area contributed by atoms with E-state index in [-0.39, 0.29) is 56.9 Å². The molecule has 4 aliphatic rings. The van der Waals surface area contributed by atoms with Crippen LogP contribution < -0.4 is 4.87 Å². The van der Waals surface area contributed by atoms with Gasteiger partial charge >= 0.3 is 4.87 Å². The molecule has 3 fully saturated rings. The summed E-state index contributed by atoms with van der Waals surface area (Å²) in [6.45, 7) is 4.36. The summed E-state index contributed by atoms with van der Waals surface area (Å²) >= 11 is 8.90. The number of carbonyl (C=O) groups excluding carboxylic acids is 2. The van der Waals surface area contributed by atoms with Crippen molar-refractivity contribution in [3.63, 3.8) is 0 Å². The van der Waals surface area contributed by atoms with Gasteiger partial charge in [-0.15, -0.1) is 11.8 Å². The first-order valence-corrected chi connectivity index (χ1v) is 12.4. The average molecular weight is 474 g/mol. The highest BCUT2D eigenvalue weighted by Crippen LogP contribution is 2.68. The quantitative estimate of drug-likeness (QED) is 0.532. The Morgan fingerprint density at radius 3 is 2.52 bits per heavy atom. The number of nitrogens with zero attached hydrogens (tertiary/aromatic N) is 2. The predicted molar refractivity (Wildman–Crippen MR) is 121 cm³/mol. The summed E-state index contributed by atoms with van der Waals surface area (Å²) in [6, 6.07) is 7.10. The summed E-state index contributed by atoms with van der Waals surface area (Å²) in [6.07, 6.45) is 2.44. The molecule has 1 saturated heterocycles. The summed E-state index contributed by atoms with van der Waals surface area (Å²) in [5.41, 5.74) is 0.576. The van der Waals surface area contributed by atoms with E-state index in [4.69, 9.17) is 11.6 Å². The van der Waals surface area contributed by atoms with E-state index in [0.29, 0.717) is 5.02 Å². The van der Waals surface area contributed by atoms with E-state index in [2.05, 4.69) is 23.9 Å². The van der Waals surface area contributed by atoms with Gasteiger partial charge in [0.2, 0.25) is 0 Å². The topological polar surface area (TPSA) is 82.6 Å². The van der Waals surface area contributed by atoms with Gasteiger partial charge in [-0.25, -0.2) is 0 Å². The first-order valence-electron chi connectivity index (χ1n) is 10.3. The van der Waals surface area contributed by atoms with Crippen LogP contribution in [0.1, 0.15) is 30.7 Å². The molecule has 0 spiro atoms. The molecule has 3 heterocycles. The van der Waals surface area contributed by atoms with Crippen molar-refractivity contribution in [1.82, 2.24) is 9.99 Å². The first kappa shape index (κ1) is 19.8. The maximum atomic E-state index is 13.3. The highest BCUT2D eigenvalue weighted by molar-refractivity contribution is 8.00. The molecule has 0 unspecified atom stereocenters. The van der Waals surface area contributed by atoms with Gasteiger partial charge in [-0.3, -0.25) is 14.4 Å². The number of thioether (sulfide) groups is 1. The Bertz CT molecular complexity index is 1200. The van der Waals surface area contributed by atoms with E-state index in [1.54, 1.807) is 42.2 Å². The van der Waals surface area contributed by atoms with Gasteiger partial charge in [-0.1, -0.05) is 48.9 Å². The number of halogens is 1. The number of H-pyrrole nitrogens is 1. The van der Waals surface area contributed by atoms with Crippen molar-refractivity contribution >= 4 is 52.7 Å². The minimum Gasteiger partial charge on any atom is -0.307 e. The Labute approximate surface area is 192 Å².